The van der Waals surface area contributed by atoms with E-state index in [1.807, 2.05) is 13.2 Å². The molecule has 1 aromatic carbocycles. The van der Waals surface area contributed by atoms with E-state index in [1.165, 1.54) is 42.8 Å². The molecule has 2 aromatic rings. The van der Waals surface area contributed by atoms with Crippen LogP contribution in [0, 0.1) is 11.6 Å². The number of halogens is 2. The summed E-state index contributed by atoms with van der Waals surface area (Å²) in [6.45, 7) is 3.32. The second-order valence-electron chi connectivity index (χ2n) is 9.86. The lowest BCUT2D eigenvalue weighted by molar-refractivity contribution is -0.126. The van der Waals surface area contributed by atoms with E-state index in [0.29, 0.717) is 18.2 Å². The molecule has 3 amide bonds. The van der Waals surface area contributed by atoms with Gasteiger partial charge in [-0.2, -0.15) is 23.5 Å². The van der Waals surface area contributed by atoms with Gasteiger partial charge in [0.15, 0.2) is 0 Å². The van der Waals surface area contributed by atoms with E-state index < -0.39 is 59.7 Å². The van der Waals surface area contributed by atoms with Gasteiger partial charge >= 0.3 is 0 Å². The normalized spacial score (nSPS) is 14.7. The molecule has 0 unspecified atom stereocenters. The topological polar surface area (TPSA) is 141 Å². The molecule has 1 aromatic heterocycles. The Morgan fingerprint density at radius 1 is 1.00 bits per heavy atom. The van der Waals surface area contributed by atoms with Gasteiger partial charge in [0, 0.05) is 31.1 Å². The third kappa shape index (κ3) is 12.2. The number of benzene rings is 1. The predicted molar refractivity (Wildman–Crippen MR) is 162 cm³/mol. The van der Waals surface area contributed by atoms with Crippen molar-refractivity contribution >= 4 is 41.2 Å². The van der Waals surface area contributed by atoms with Crippen molar-refractivity contribution in [3.05, 3.63) is 65.5 Å². The van der Waals surface area contributed by atoms with E-state index >= 15 is 0 Å². The number of nitrogens with zero attached hydrogens (tertiary/aromatic N) is 1. The summed E-state index contributed by atoms with van der Waals surface area (Å²) in [5, 5.41) is 30.4. The second kappa shape index (κ2) is 18.7. The molecule has 0 spiro atoms. The predicted octanol–water partition coefficient (Wildman–Crippen LogP) is 2.70. The van der Waals surface area contributed by atoms with Gasteiger partial charge in [0.25, 0.3) is 5.91 Å². The van der Waals surface area contributed by atoms with E-state index in [1.54, 1.807) is 12.1 Å². The average molecular weight is 627 g/mol. The van der Waals surface area contributed by atoms with Gasteiger partial charge in [-0.05, 0) is 66.9 Å². The molecular formula is C29H40F2N4O5S2. The average Bonchev–Trinajstić information content (AvgIpc) is 2.95. The van der Waals surface area contributed by atoms with Gasteiger partial charge in [0.2, 0.25) is 11.8 Å². The SMILES string of the molecule is CCCCSC[C@@H](NC(=O)c1cccnc1)C(=O)N[C@@H](Cc1cc(F)cc(F)c1)[C@@H](O)[C@H](O)[C@@H](CCSC)NC(C)=O. The number of hydrogen-bond acceptors (Lipinski definition) is 8. The highest BCUT2D eigenvalue weighted by Gasteiger charge is 2.35. The molecule has 0 aliphatic rings. The number of nitrogens with one attached hydrogen (secondary N) is 3. The zero-order valence-corrected chi connectivity index (χ0v) is 25.6. The number of pyridine rings is 1. The largest absolute Gasteiger partial charge is 0.388 e. The van der Waals surface area contributed by atoms with E-state index in [4.69, 9.17) is 0 Å². The van der Waals surface area contributed by atoms with E-state index in [9.17, 15) is 33.4 Å². The maximum absolute atomic E-state index is 14.0. The summed E-state index contributed by atoms with van der Waals surface area (Å²) in [6.07, 6.45) is 3.53. The highest BCUT2D eigenvalue weighted by atomic mass is 32.2. The van der Waals surface area contributed by atoms with Crippen molar-refractivity contribution in [3.63, 3.8) is 0 Å². The Bertz CT molecular complexity index is 1130. The van der Waals surface area contributed by atoms with Crippen molar-refractivity contribution < 1.29 is 33.4 Å². The van der Waals surface area contributed by atoms with Gasteiger partial charge in [-0.25, -0.2) is 8.78 Å². The molecule has 0 saturated heterocycles. The summed E-state index contributed by atoms with van der Waals surface area (Å²) < 4.78 is 28.0. The fraction of sp³-hybridized carbons (Fsp3) is 0.517. The molecule has 0 saturated carbocycles. The first-order valence-electron chi connectivity index (χ1n) is 13.7. The smallest absolute Gasteiger partial charge is 0.253 e. The van der Waals surface area contributed by atoms with Crippen LogP contribution in [0.15, 0.2) is 42.7 Å². The van der Waals surface area contributed by atoms with Gasteiger partial charge in [-0.3, -0.25) is 19.4 Å². The summed E-state index contributed by atoms with van der Waals surface area (Å²) in [4.78, 5) is 42.2. The van der Waals surface area contributed by atoms with Crippen LogP contribution in [0.1, 0.15) is 49.0 Å². The number of carbonyl (C=O) groups excluding carboxylic acids is 3. The zero-order chi connectivity index (χ0) is 31.1. The quantitative estimate of drug-likeness (QED) is 0.159. The molecule has 0 aliphatic heterocycles. The molecule has 9 nitrogen and oxygen atoms in total. The van der Waals surface area contributed by atoms with Crippen LogP contribution in [0.2, 0.25) is 0 Å². The number of aliphatic hydroxyl groups is 2. The fourth-order valence-electron chi connectivity index (χ4n) is 4.20. The lowest BCUT2D eigenvalue weighted by atomic mass is 9.92. The Hall–Kier alpha value is -2.74. The van der Waals surface area contributed by atoms with Gasteiger partial charge in [-0.1, -0.05) is 13.3 Å². The van der Waals surface area contributed by atoms with Crippen LogP contribution in [0.5, 0.6) is 0 Å². The number of aromatic nitrogens is 1. The maximum atomic E-state index is 14.0. The van der Waals surface area contributed by atoms with Crippen molar-refractivity contribution in [1.29, 1.82) is 0 Å². The number of carbonyl (C=O) groups is 3. The van der Waals surface area contributed by atoms with E-state index in [2.05, 4.69) is 20.9 Å². The minimum absolute atomic E-state index is 0.137. The molecule has 5 atom stereocenters. The zero-order valence-electron chi connectivity index (χ0n) is 24.0. The van der Waals surface area contributed by atoms with Crippen molar-refractivity contribution in [2.75, 3.05) is 23.5 Å². The summed E-state index contributed by atoms with van der Waals surface area (Å²) in [6, 6.07) is 2.89. The first-order valence-corrected chi connectivity index (χ1v) is 16.3. The van der Waals surface area contributed by atoms with Crippen LogP contribution in [-0.4, -0.2) is 86.8 Å². The first-order chi connectivity index (χ1) is 20.0. The molecule has 0 fully saturated rings. The number of aliphatic hydroxyl groups excluding tert-OH is 2. The third-order valence-electron chi connectivity index (χ3n) is 6.37. The molecule has 2 rings (SSSR count). The fourth-order valence-corrected chi connectivity index (χ4v) is 5.82. The minimum Gasteiger partial charge on any atom is -0.388 e. The highest BCUT2D eigenvalue weighted by Crippen LogP contribution is 2.17. The summed E-state index contributed by atoms with van der Waals surface area (Å²) >= 11 is 2.96. The Balaban J connectivity index is 2.35. The Morgan fingerprint density at radius 3 is 2.29 bits per heavy atom. The Labute approximate surface area is 254 Å². The van der Waals surface area contributed by atoms with Crippen LogP contribution in [0.3, 0.4) is 0 Å². The van der Waals surface area contributed by atoms with Gasteiger partial charge in [0.1, 0.15) is 29.9 Å². The first kappa shape index (κ1) is 35.5. The van der Waals surface area contributed by atoms with Gasteiger partial charge in [0.05, 0.1) is 17.6 Å². The second-order valence-corrected chi connectivity index (χ2v) is 12.0. The molecule has 13 heteroatoms. The molecule has 1 heterocycles. The lowest BCUT2D eigenvalue weighted by Gasteiger charge is -2.33. The summed E-state index contributed by atoms with van der Waals surface area (Å²) in [7, 11) is 0. The van der Waals surface area contributed by atoms with E-state index in [-0.39, 0.29) is 23.3 Å². The van der Waals surface area contributed by atoms with Crippen LogP contribution in [-0.2, 0) is 16.0 Å². The Kier molecular flexibility index (Phi) is 15.8. The number of amides is 3. The number of rotatable bonds is 18. The van der Waals surface area contributed by atoms with Gasteiger partial charge < -0.3 is 26.2 Å². The van der Waals surface area contributed by atoms with Crippen molar-refractivity contribution in [3.8, 4) is 0 Å². The van der Waals surface area contributed by atoms with Crippen LogP contribution in [0.25, 0.3) is 0 Å². The van der Waals surface area contributed by atoms with Crippen LogP contribution >= 0.6 is 23.5 Å². The highest BCUT2D eigenvalue weighted by molar-refractivity contribution is 7.99. The van der Waals surface area contributed by atoms with Crippen molar-refractivity contribution in [2.45, 2.75) is 69.9 Å². The summed E-state index contributed by atoms with van der Waals surface area (Å²) in [5.41, 5.74) is 0.389. The Morgan fingerprint density at radius 2 is 1.69 bits per heavy atom. The van der Waals surface area contributed by atoms with Crippen LogP contribution in [0.4, 0.5) is 8.78 Å². The number of thioether (sulfide) groups is 2. The third-order valence-corrected chi connectivity index (χ3v) is 8.16. The van der Waals surface area contributed by atoms with Crippen molar-refractivity contribution in [2.24, 2.45) is 0 Å². The van der Waals surface area contributed by atoms with Gasteiger partial charge in [-0.15, -0.1) is 0 Å². The molecule has 0 radical (unpaired) electrons. The van der Waals surface area contributed by atoms with Crippen LogP contribution < -0.4 is 16.0 Å². The molecule has 5 N–H and O–H groups in total. The standard InChI is InChI=1S/C29H40F2N4O5S2/c1-4-5-10-42-17-25(35-28(39)20-7-6-9-32-16-20)29(40)34-24(14-19-12-21(30)15-22(31)13-19)27(38)26(37)23(8-11-41-3)33-18(2)36/h6-7,9,12-13,15-16,23-27,37-38H,4-5,8,10-11,14,17H2,1-3H3,(H,33,36)(H,34,40)(H,35,39)/t23-,24+,25-,26-,27-/m1/s1. The molecule has 0 bridgehead atoms. The van der Waals surface area contributed by atoms with Crippen molar-refractivity contribution in [1.82, 2.24) is 20.9 Å². The number of unbranched alkanes of at least 4 members (excludes halogenated alkanes) is 1. The molecule has 42 heavy (non-hydrogen) atoms. The van der Waals surface area contributed by atoms with E-state index in [0.717, 1.165) is 30.7 Å². The minimum atomic E-state index is -1.64. The molecule has 232 valence electrons. The molecule has 0 aliphatic carbocycles. The lowest BCUT2D eigenvalue weighted by Crippen LogP contribution is -2.59. The number of hydrogen-bond donors (Lipinski definition) is 5. The molecular weight excluding hydrogens is 586 g/mol. The summed E-state index contributed by atoms with van der Waals surface area (Å²) in [5.74, 6) is -1.72. The monoisotopic (exact) mass is 626 g/mol. The maximum Gasteiger partial charge on any atom is 0.253 e.